The summed E-state index contributed by atoms with van der Waals surface area (Å²) in [7, 11) is 0. The molecule has 2 aromatic carbocycles. The van der Waals surface area contributed by atoms with Crippen LogP contribution in [0.5, 0.6) is 0 Å². The molecule has 0 unspecified atom stereocenters. The molecule has 0 saturated heterocycles. The molecule has 4 nitrogen and oxygen atoms in total. The summed E-state index contributed by atoms with van der Waals surface area (Å²) < 4.78 is 0.997. The highest BCUT2D eigenvalue weighted by molar-refractivity contribution is 9.10. The molecule has 5 heteroatoms. The molecule has 0 fully saturated rings. The lowest BCUT2D eigenvalue weighted by atomic mass is 10.0. The molecule has 0 aromatic heterocycles. The fourth-order valence-electron chi connectivity index (χ4n) is 2.72. The Balaban J connectivity index is 2.14. The van der Waals surface area contributed by atoms with Gasteiger partial charge in [0.15, 0.2) is 0 Å². The maximum absolute atomic E-state index is 12.6. The Bertz CT molecular complexity index is 812. The third-order valence-electron chi connectivity index (χ3n) is 4.02. The molecule has 1 amide bonds. The van der Waals surface area contributed by atoms with Crippen molar-refractivity contribution in [1.82, 2.24) is 5.32 Å². The van der Waals surface area contributed by atoms with E-state index in [0.717, 1.165) is 27.7 Å². The molecule has 148 valence electrons. The lowest BCUT2D eigenvalue weighted by Gasteiger charge is -2.14. The molecule has 28 heavy (non-hydrogen) atoms. The second-order valence-electron chi connectivity index (χ2n) is 7.02. The van der Waals surface area contributed by atoms with Gasteiger partial charge in [0.1, 0.15) is 5.84 Å². The third kappa shape index (κ3) is 7.77. The van der Waals surface area contributed by atoms with E-state index in [1.54, 1.807) is 0 Å². The topological polar surface area (TPSA) is 53.8 Å². The van der Waals surface area contributed by atoms with E-state index in [1.165, 1.54) is 0 Å². The van der Waals surface area contributed by atoms with E-state index in [0.29, 0.717) is 31.3 Å². The highest BCUT2D eigenvalue weighted by Crippen LogP contribution is 2.11. The van der Waals surface area contributed by atoms with Crippen molar-refractivity contribution in [2.24, 2.45) is 15.9 Å². The van der Waals surface area contributed by atoms with Gasteiger partial charge in [0.25, 0.3) is 0 Å². The maximum Gasteiger partial charge on any atom is 0.229 e. The predicted octanol–water partition coefficient (Wildman–Crippen LogP) is 5.21. The molecule has 2 rings (SSSR count). The Morgan fingerprint density at radius 3 is 2.29 bits per heavy atom. The number of carbonyl (C=O) groups excluding carboxylic acids is 1. The van der Waals surface area contributed by atoms with Crippen molar-refractivity contribution >= 4 is 33.4 Å². The van der Waals surface area contributed by atoms with Crippen molar-refractivity contribution in [1.29, 1.82) is 0 Å². The van der Waals surface area contributed by atoms with E-state index in [9.17, 15) is 4.79 Å². The van der Waals surface area contributed by atoms with Crippen LogP contribution in [0.3, 0.4) is 0 Å². The second-order valence-corrected chi connectivity index (χ2v) is 7.94. The van der Waals surface area contributed by atoms with E-state index in [1.807, 2.05) is 49.4 Å². The lowest BCUT2D eigenvalue weighted by molar-refractivity contribution is -0.119. The van der Waals surface area contributed by atoms with Crippen LogP contribution in [-0.4, -0.2) is 24.0 Å². The van der Waals surface area contributed by atoms with Crippen molar-refractivity contribution in [3.05, 3.63) is 70.2 Å². The first kappa shape index (κ1) is 22.0. The number of hydrogen-bond acceptors (Lipinski definition) is 3. The smallest absolute Gasteiger partial charge is 0.229 e. The van der Waals surface area contributed by atoms with Gasteiger partial charge in [-0.2, -0.15) is 0 Å². The Hall–Kier alpha value is -2.27. The van der Waals surface area contributed by atoms with Crippen molar-refractivity contribution < 1.29 is 4.79 Å². The minimum Gasteiger partial charge on any atom is -0.309 e. The van der Waals surface area contributed by atoms with Gasteiger partial charge < -0.3 is 5.32 Å². The molecule has 2 aromatic rings. The molecule has 0 aliphatic rings. The number of rotatable bonds is 8. The minimum atomic E-state index is -0.0781. The van der Waals surface area contributed by atoms with E-state index in [-0.39, 0.29) is 5.91 Å². The second kappa shape index (κ2) is 11.5. The average Bonchev–Trinajstić information content (AvgIpc) is 2.67. The summed E-state index contributed by atoms with van der Waals surface area (Å²) in [6.45, 7) is 7.42. The number of aliphatic imine (C=N–C) groups is 2. The zero-order valence-corrected chi connectivity index (χ0v) is 18.4. The number of hydrogen-bond donors (Lipinski definition) is 1. The normalized spacial score (nSPS) is 12.3. The first-order valence-electron chi connectivity index (χ1n) is 9.64. The minimum absolute atomic E-state index is 0.0781. The van der Waals surface area contributed by atoms with Crippen molar-refractivity contribution in [2.45, 2.75) is 40.2 Å². The zero-order valence-electron chi connectivity index (χ0n) is 16.8. The van der Waals surface area contributed by atoms with Crippen LogP contribution in [0.4, 0.5) is 0 Å². The van der Waals surface area contributed by atoms with Gasteiger partial charge in [-0.05, 0) is 42.5 Å². The van der Waals surface area contributed by atoms with E-state index < -0.39 is 0 Å². The molecule has 1 N–H and O–H groups in total. The first-order valence-corrected chi connectivity index (χ1v) is 10.4. The number of carbonyl (C=O) groups is 1. The van der Waals surface area contributed by atoms with Gasteiger partial charge in [0.05, 0.1) is 18.7 Å². The van der Waals surface area contributed by atoms with Crippen LogP contribution in [0.25, 0.3) is 0 Å². The summed E-state index contributed by atoms with van der Waals surface area (Å²) in [6.07, 6.45) is 1.08. The zero-order chi connectivity index (χ0) is 20.4. The molecule has 0 radical (unpaired) electrons. The molecule has 0 heterocycles. The summed E-state index contributed by atoms with van der Waals surface area (Å²) in [4.78, 5) is 21.9. The molecule has 0 atom stereocenters. The van der Waals surface area contributed by atoms with Crippen LogP contribution in [-0.2, 0) is 17.8 Å². The van der Waals surface area contributed by atoms with Gasteiger partial charge in [-0.25, -0.2) is 0 Å². The van der Waals surface area contributed by atoms with Crippen molar-refractivity contribution in [3.8, 4) is 0 Å². The summed E-state index contributed by atoms with van der Waals surface area (Å²) >= 11 is 3.42. The van der Waals surface area contributed by atoms with Crippen LogP contribution in [0.15, 0.2) is 69.1 Å². The Morgan fingerprint density at radius 2 is 1.68 bits per heavy atom. The average molecular weight is 442 g/mol. The number of amidine groups is 1. The van der Waals surface area contributed by atoms with E-state index in [2.05, 4.69) is 52.2 Å². The summed E-state index contributed by atoms with van der Waals surface area (Å²) in [5, 5.41) is 2.99. The largest absolute Gasteiger partial charge is 0.309 e. The highest BCUT2D eigenvalue weighted by atomic mass is 79.9. The van der Waals surface area contributed by atoms with Crippen LogP contribution in [0.1, 0.15) is 38.3 Å². The number of amides is 1. The predicted molar refractivity (Wildman–Crippen MR) is 121 cm³/mol. The van der Waals surface area contributed by atoms with Gasteiger partial charge in [-0.15, -0.1) is 0 Å². The molecule has 0 saturated carbocycles. The lowest BCUT2D eigenvalue weighted by Crippen LogP contribution is -2.38. The Morgan fingerprint density at radius 1 is 1.00 bits per heavy atom. The third-order valence-corrected chi connectivity index (χ3v) is 4.55. The molecule has 0 aliphatic carbocycles. The van der Waals surface area contributed by atoms with Crippen LogP contribution in [0, 0.1) is 5.92 Å². The SMILES string of the molecule is CCN=C(NC(=O)Cc1ccc(Br)cc1)C(CC(C)C)=NCc1ccccc1. The van der Waals surface area contributed by atoms with Crippen molar-refractivity contribution in [2.75, 3.05) is 6.54 Å². The summed E-state index contributed by atoms with van der Waals surface area (Å²) in [5.74, 6) is 0.930. The first-order chi connectivity index (χ1) is 13.5. The highest BCUT2D eigenvalue weighted by Gasteiger charge is 2.15. The molecule has 0 aliphatic heterocycles. The van der Waals surface area contributed by atoms with E-state index >= 15 is 0 Å². The fraction of sp³-hybridized carbons (Fsp3) is 0.348. The molecule has 0 spiro atoms. The van der Waals surface area contributed by atoms with Crippen LogP contribution in [0.2, 0.25) is 0 Å². The van der Waals surface area contributed by atoms with Crippen LogP contribution < -0.4 is 5.32 Å². The quantitative estimate of drug-likeness (QED) is 0.443. The van der Waals surface area contributed by atoms with Gasteiger partial charge in [0, 0.05) is 11.0 Å². The molecule has 0 bridgehead atoms. The monoisotopic (exact) mass is 441 g/mol. The maximum atomic E-state index is 12.6. The number of nitrogens with zero attached hydrogens (tertiary/aromatic N) is 2. The molecular formula is C23H28BrN3O. The Kier molecular flexibility index (Phi) is 9.08. The van der Waals surface area contributed by atoms with Gasteiger partial charge in [-0.3, -0.25) is 14.8 Å². The number of nitrogens with one attached hydrogen (secondary N) is 1. The van der Waals surface area contributed by atoms with Crippen molar-refractivity contribution in [3.63, 3.8) is 0 Å². The molecular weight excluding hydrogens is 414 g/mol. The van der Waals surface area contributed by atoms with Crippen LogP contribution >= 0.6 is 15.9 Å². The fourth-order valence-corrected chi connectivity index (χ4v) is 2.98. The van der Waals surface area contributed by atoms with Gasteiger partial charge >= 0.3 is 0 Å². The Labute approximate surface area is 176 Å². The van der Waals surface area contributed by atoms with Gasteiger partial charge in [0.2, 0.25) is 5.91 Å². The number of benzene rings is 2. The van der Waals surface area contributed by atoms with Gasteiger partial charge in [-0.1, -0.05) is 72.2 Å². The summed E-state index contributed by atoms with van der Waals surface area (Å²) in [6, 6.07) is 17.9. The summed E-state index contributed by atoms with van der Waals surface area (Å²) in [5.41, 5.74) is 2.95. The number of halogens is 1. The standard InChI is InChI=1S/C23H28BrN3O/c1-4-25-23(27-22(28)15-18-10-12-20(24)13-11-18)21(14-17(2)3)26-16-19-8-6-5-7-9-19/h5-13,17H,4,14-16H2,1-3H3,(H,25,27,28). The van der Waals surface area contributed by atoms with E-state index in [4.69, 9.17) is 4.99 Å².